The third-order valence-corrected chi connectivity index (χ3v) is 5.04. The number of aryl methyl sites for hydroxylation is 1. The third-order valence-electron chi connectivity index (χ3n) is 5.04. The second-order valence-electron chi connectivity index (χ2n) is 6.74. The molecule has 26 heavy (non-hydrogen) atoms. The van der Waals surface area contributed by atoms with Crippen LogP contribution in [-0.4, -0.2) is 65.3 Å². The molecule has 2 aliphatic heterocycles. The molecule has 0 atom stereocenters. The number of aromatic nitrogens is 3. The van der Waals surface area contributed by atoms with Gasteiger partial charge in [-0.1, -0.05) is 5.16 Å². The molecule has 2 aromatic rings. The fraction of sp³-hybridized carbons (Fsp3) is 0.556. The average Bonchev–Trinajstić information content (AvgIpc) is 3.18. The van der Waals surface area contributed by atoms with Gasteiger partial charge in [0.15, 0.2) is 5.82 Å². The first-order valence-electron chi connectivity index (χ1n) is 9.09. The van der Waals surface area contributed by atoms with E-state index in [4.69, 9.17) is 9.26 Å². The second kappa shape index (κ2) is 7.41. The van der Waals surface area contributed by atoms with E-state index in [1.165, 1.54) is 0 Å². The first kappa shape index (κ1) is 17.0. The standard InChI is InChI=1S/C18H23N5O3/c1-13-19-5-2-15(20-13)14-3-6-23(7-4-14)18(24)16-12-17(21-26-16)22-8-10-25-11-9-22/h2,5,12,14H,3-4,6-11H2,1H3. The normalized spacial score (nSPS) is 19.0. The van der Waals surface area contributed by atoms with Crippen molar-refractivity contribution in [3.63, 3.8) is 0 Å². The van der Waals surface area contributed by atoms with Crippen molar-refractivity contribution in [1.82, 2.24) is 20.0 Å². The van der Waals surface area contributed by atoms with Gasteiger partial charge < -0.3 is 19.1 Å². The highest BCUT2D eigenvalue weighted by Gasteiger charge is 2.28. The Hall–Kier alpha value is -2.48. The van der Waals surface area contributed by atoms with Crippen LogP contribution in [0.25, 0.3) is 0 Å². The summed E-state index contributed by atoms with van der Waals surface area (Å²) in [6, 6.07) is 3.72. The summed E-state index contributed by atoms with van der Waals surface area (Å²) < 4.78 is 10.7. The largest absolute Gasteiger partial charge is 0.378 e. The molecule has 2 aliphatic rings. The van der Waals surface area contributed by atoms with E-state index >= 15 is 0 Å². The summed E-state index contributed by atoms with van der Waals surface area (Å²) in [5, 5.41) is 4.06. The summed E-state index contributed by atoms with van der Waals surface area (Å²) in [5.74, 6) is 2.10. The molecule has 0 saturated carbocycles. The van der Waals surface area contributed by atoms with E-state index < -0.39 is 0 Å². The molecule has 0 unspecified atom stereocenters. The summed E-state index contributed by atoms with van der Waals surface area (Å²) in [6.45, 7) is 6.17. The molecule has 0 spiro atoms. The van der Waals surface area contributed by atoms with Crippen molar-refractivity contribution in [2.45, 2.75) is 25.7 Å². The minimum atomic E-state index is -0.0886. The van der Waals surface area contributed by atoms with Crippen molar-refractivity contribution in [1.29, 1.82) is 0 Å². The molecule has 0 aromatic carbocycles. The second-order valence-corrected chi connectivity index (χ2v) is 6.74. The van der Waals surface area contributed by atoms with Crippen molar-refractivity contribution in [3.05, 3.63) is 35.6 Å². The molecule has 1 amide bonds. The highest BCUT2D eigenvalue weighted by atomic mass is 16.5. The third kappa shape index (κ3) is 3.55. The number of carbonyl (C=O) groups excluding carboxylic acids is 1. The van der Waals surface area contributed by atoms with Crippen molar-refractivity contribution in [2.24, 2.45) is 0 Å². The fourth-order valence-corrected chi connectivity index (χ4v) is 3.54. The van der Waals surface area contributed by atoms with Gasteiger partial charge in [-0.25, -0.2) is 9.97 Å². The van der Waals surface area contributed by atoms with Gasteiger partial charge in [-0.05, 0) is 25.8 Å². The van der Waals surface area contributed by atoms with Gasteiger partial charge in [0.05, 0.1) is 13.2 Å². The van der Waals surface area contributed by atoms with Crippen LogP contribution in [0.2, 0.25) is 0 Å². The van der Waals surface area contributed by atoms with Gasteiger partial charge >= 0.3 is 0 Å². The number of piperidine rings is 1. The van der Waals surface area contributed by atoms with E-state index in [9.17, 15) is 4.79 Å². The van der Waals surface area contributed by atoms with Crippen LogP contribution in [0.15, 0.2) is 22.9 Å². The quantitative estimate of drug-likeness (QED) is 0.825. The summed E-state index contributed by atoms with van der Waals surface area (Å²) >= 11 is 0. The maximum absolute atomic E-state index is 12.7. The highest BCUT2D eigenvalue weighted by molar-refractivity contribution is 5.92. The van der Waals surface area contributed by atoms with Crippen LogP contribution in [0.1, 0.15) is 40.8 Å². The van der Waals surface area contributed by atoms with E-state index in [0.29, 0.717) is 43.8 Å². The zero-order valence-electron chi connectivity index (χ0n) is 14.9. The SMILES string of the molecule is Cc1nccc(C2CCN(C(=O)c3cc(N4CCOCC4)no3)CC2)n1. The molecule has 0 bridgehead atoms. The zero-order valence-corrected chi connectivity index (χ0v) is 14.9. The van der Waals surface area contributed by atoms with Gasteiger partial charge in [-0.15, -0.1) is 0 Å². The van der Waals surface area contributed by atoms with Gasteiger partial charge in [0, 0.05) is 50.1 Å². The van der Waals surface area contributed by atoms with Crippen molar-refractivity contribution < 1.29 is 14.1 Å². The molecule has 4 heterocycles. The molecule has 0 N–H and O–H groups in total. The Morgan fingerprint density at radius 2 is 1.96 bits per heavy atom. The summed E-state index contributed by atoms with van der Waals surface area (Å²) in [4.78, 5) is 25.3. The van der Waals surface area contributed by atoms with Crippen LogP contribution in [0.3, 0.4) is 0 Å². The lowest BCUT2D eigenvalue weighted by Crippen LogP contribution is -2.38. The summed E-state index contributed by atoms with van der Waals surface area (Å²) in [5.41, 5.74) is 1.07. The number of amides is 1. The van der Waals surface area contributed by atoms with E-state index in [2.05, 4.69) is 20.0 Å². The molecule has 0 aliphatic carbocycles. The van der Waals surface area contributed by atoms with Crippen LogP contribution in [0, 0.1) is 6.92 Å². The highest BCUT2D eigenvalue weighted by Crippen LogP contribution is 2.27. The monoisotopic (exact) mass is 357 g/mol. The van der Waals surface area contributed by atoms with E-state index in [1.54, 1.807) is 12.3 Å². The number of rotatable bonds is 3. The molecule has 138 valence electrons. The van der Waals surface area contributed by atoms with Gasteiger partial charge in [-0.2, -0.15) is 0 Å². The van der Waals surface area contributed by atoms with Gasteiger partial charge in [-0.3, -0.25) is 4.79 Å². The van der Waals surface area contributed by atoms with E-state index in [0.717, 1.165) is 37.4 Å². The van der Waals surface area contributed by atoms with Crippen LogP contribution in [0.5, 0.6) is 0 Å². The Bertz CT molecular complexity index is 764. The number of nitrogens with zero attached hydrogens (tertiary/aromatic N) is 5. The van der Waals surface area contributed by atoms with Gasteiger partial charge in [0.25, 0.3) is 5.91 Å². The van der Waals surface area contributed by atoms with Gasteiger partial charge in [0.1, 0.15) is 5.82 Å². The Labute approximate surface area is 152 Å². The molecule has 2 saturated heterocycles. The van der Waals surface area contributed by atoms with Crippen LogP contribution in [0.4, 0.5) is 5.82 Å². The number of likely N-dealkylation sites (tertiary alicyclic amines) is 1. The van der Waals surface area contributed by atoms with Gasteiger partial charge in [0.2, 0.25) is 5.76 Å². The Morgan fingerprint density at radius 1 is 1.19 bits per heavy atom. The summed E-state index contributed by atoms with van der Waals surface area (Å²) in [7, 11) is 0. The molecule has 2 fully saturated rings. The number of hydrogen-bond donors (Lipinski definition) is 0. The minimum Gasteiger partial charge on any atom is -0.378 e. The molecule has 2 aromatic heterocycles. The molecular weight excluding hydrogens is 334 g/mol. The predicted molar refractivity (Wildman–Crippen MR) is 94.2 cm³/mol. The maximum Gasteiger partial charge on any atom is 0.292 e. The lowest BCUT2D eigenvalue weighted by molar-refractivity contribution is 0.0670. The van der Waals surface area contributed by atoms with Crippen LogP contribution in [-0.2, 0) is 4.74 Å². The first-order chi connectivity index (χ1) is 12.7. The molecular formula is C18H23N5O3. The lowest BCUT2D eigenvalue weighted by Gasteiger charge is -2.31. The summed E-state index contributed by atoms with van der Waals surface area (Å²) in [6.07, 6.45) is 3.59. The minimum absolute atomic E-state index is 0.0886. The number of hydrogen-bond acceptors (Lipinski definition) is 7. The Morgan fingerprint density at radius 3 is 2.69 bits per heavy atom. The Balaban J connectivity index is 1.37. The molecule has 4 rings (SSSR count). The van der Waals surface area contributed by atoms with E-state index in [-0.39, 0.29) is 5.91 Å². The van der Waals surface area contributed by atoms with Crippen LogP contribution >= 0.6 is 0 Å². The van der Waals surface area contributed by atoms with Crippen molar-refractivity contribution in [2.75, 3.05) is 44.3 Å². The Kier molecular flexibility index (Phi) is 4.83. The average molecular weight is 357 g/mol. The smallest absolute Gasteiger partial charge is 0.292 e. The van der Waals surface area contributed by atoms with E-state index in [1.807, 2.05) is 17.9 Å². The predicted octanol–water partition coefficient (Wildman–Crippen LogP) is 1.63. The molecule has 8 nitrogen and oxygen atoms in total. The van der Waals surface area contributed by atoms with Crippen molar-refractivity contribution >= 4 is 11.7 Å². The number of carbonyl (C=O) groups is 1. The maximum atomic E-state index is 12.7. The van der Waals surface area contributed by atoms with Crippen molar-refractivity contribution in [3.8, 4) is 0 Å². The zero-order chi connectivity index (χ0) is 17.9. The number of anilines is 1. The number of morpholine rings is 1. The number of ether oxygens (including phenoxy) is 1. The fourth-order valence-electron chi connectivity index (χ4n) is 3.54. The topological polar surface area (TPSA) is 84.6 Å². The molecule has 0 radical (unpaired) electrons. The van der Waals surface area contributed by atoms with Crippen LogP contribution < -0.4 is 4.90 Å². The first-order valence-corrected chi connectivity index (χ1v) is 9.09. The lowest BCUT2D eigenvalue weighted by atomic mass is 9.93. The molecule has 8 heteroatoms.